The minimum atomic E-state index is 0.519. The SMILES string of the molecule is N#Cc1ccc(COCCC2CCNC2)c(Cl)c1. The van der Waals surface area contributed by atoms with Gasteiger partial charge in [0.15, 0.2) is 0 Å². The van der Waals surface area contributed by atoms with Gasteiger partial charge in [0.05, 0.1) is 18.2 Å². The number of hydrogen-bond donors (Lipinski definition) is 1. The zero-order valence-electron chi connectivity index (χ0n) is 10.3. The molecule has 1 aromatic carbocycles. The first-order chi connectivity index (χ1) is 8.79. The van der Waals surface area contributed by atoms with Crippen LogP contribution in [0.3, 0.4) is 0 Å². The molecule has 4 heteroatoms. The van der Waals surface area contributed by atoms with Gasteiger partial charge in [-0.25, -0.2) is 0 Å². The highest BCUT2D eigenvalue weighted by Gasteiger charge is 2.13. The summed E-state index contributed by atoms with van der Waals surface area (Å²) in [6, 6.07) is 7.38. The molecule has 1 unspecified atom stereocenters. The van der Waals surface area contributed by atoms with Crippen molar-refractivity contribution < 1.29 is 4.74 Å². The van der Waals surface area contributed by atoms with E-state index in [1.807, 2.05) is 6.07 Å². The van der Waals surface area contributed by atoms with Crippen molar-refractivity contribution in [2.24, 2.45) is 5.92 Å². The molecule has 0 saturated carbocycles. The first-order valence-electron chi connectivity index (χ1n) is 6.26. The number of nitriles is 1. The van der Waals surface area contributed by atoms with Crippen LogP contribution < -0.4 is 5.32 Å². The van der Waals surface area contributed by atoms with E-state index in [4.69, 9.17) is 21.6 Å². The molecule has 3 nitrogen and oxygen atoms in total. The summed E-state index contributed by atoms with van der Waals surface area (Å²) in [6.45, 7) is 3.53. The first-order valence-corrected chi connectivity index (χ1v) is 6.64. The summed E-state index contributed by atoms with van der Waals surface area (Å²) in [7, 11) is 0. The van der Waals surface area contributed by atoms with Crippen LogP contribution in [0.4, 0.5) is 0 Å². The summed E-state index contributed by atoms with van der Waals surface area (Å²) in [6.07, 6.45) is 2.35. The molecule has 1 aliphatic rings. The highest BCUT2D eigenvalue weighted by atomic mass is 35.5. The van der Waals surface area contributed by atoms with E-state index in [1.54, 1.807) is 12.1 Å². The Kier molecular flexibility index (Phi) is 5.00. The van der Waals surface area contributed by atoms with Gasteiger partial charge in [0.1, 0.15) is 0 Å². The van der Waals surface area contributed by atoms with Gasteiger partial charge in [0.25, 0.3) is 0 Å². The van der Waals surface area contributed by atoms with E-state index < -0.39 is 0 Å². The molecule has 1 atom stereocenters. The summed E-state index contributed by atoms with van der Waals surface area (Å²) in [4.78, 5) is 0. The van der Waals surface area contributed by atoms with E-state index in [9.17, 15) is 0 Å². The van der Waals surface area contributed by atoms with Gasteiger partial charge in [-0.1, -0.05) is 17.7 Å². The topological polar surface area (TPSA) is 45.0 Å². The second-order valence-electron chi connectivity index (χ2n) is 4.62. The van der Waals surface area contributed by atoms with Crippen LogP contribution in [-0.2, 0) is 11.3 Å². The molecule has 1 saturated heterocycles. The van der Waals surface area contributed by atoms with Crippen molar-refractivity contribution in [1.29, 1.82) is 5.26 Å². The van der Waals surface area contributed by atoms with E-state index in [2.05, 4.69) is 11.4 Å². The van der Waals surface area contributed by atoms with E-state index in [0.717, 1.165) is 37.6 Å². The average molecular weight is 265 g/mol. The van der Waals surface area contributed by atoms with Crippen molar-refractivity contribution in [2.45, 2.75) is 19.4 Å². The molecular weight excluding hydrogens is 248 g/mol. The summed E-state index contributed by atoms with van der Waals surface area (Å²) in [5.74, 6) is 0.751. The Labute approximate surface area is 113 Å². The third kappa shape index (κ3) is 3.71. The first kappa shape index (κ1) is 13.4. The van der Waals surface area contributed by atoms with Gasteiger partial charge in [-0.05, 0) is 49.5 Å². The largest absolute Gasteiger partial charge is 0.377 e. The number of benzene rings is 1. The van der Waals surface area contributed by atoms with Crippen LogP contribution in [0.1, 0.15) is 24.0 Å². The van der Waals surface area contributed by atoms with E-state index in [1.165, 1.54) is 6.42 Å². The fourth-order valence-corrected chi connectivity index (χ4v) is 2.36. The maximum atomic E-state index is 8.74. The molecule has 1 fully saturated rings. The van der Waals surface area contributed by atoms with Gasteiger partial charge in [0.2, 0.25) is 0 Å². The molecule has 1 N–H and O–H groups in total. The Bertz CT molecular complexity index is 436. The number of rotatable bonds is 5. The van der Waals surface area contributed by atoms with Gasteiger partial charge in [-0.15, -0.1) is 0 Å². The zero-order chi connectivity index (χ0) is 12.8. The summed E-state index contributed by atoms with van der Waals surface area (Å²) >= 11 is 6.07. The Morgan fingerprint density at radius 1 is 1.50 bits per heavy atom. The summed E-state index contributed by atoms with van der Waals surface area (Å²) in [5.41, 5.74) is 1.53. The molecule has 2 rings (SSSR count). The maximum absolute atomic E-state index is 8.74. The van der Waals surface area contributed by atoms with E-state index in [0.29, 0.717) is 17.2 Å². The van der Waals surface area contributed by atoms with Crippen LogP contribution in [0, 0.1) is 17.2 Å². The van der Waals surface area contributed by atoms with Crippen molar-refractivity contribution in [3.05, 3.63) is 34.3 Å². The lowest BCUT2D eigenvalue weighted by Gasteiger charge is -2.09. The third-order valence-corrected chi connectivity index (χ3v) is 3.62. The molecule has 0 radical (unpaired) electrons. The third-order valence-electron chi connectivity index (χ3n) is 3.27. The quantitative estimate of drug-likeness (QED) is 0.832. The van der Waals surface area contributed by atoms with Gasteiger partial charge >= 0.3 is 0 Å². The predicted octanol–water partition coefficient (Wildman–Crippen LogP) is 2.73. The van der Waals surface area contributed by atoms with Crippen LogP contribution >= 0.6 is 11.6 Å². The predicted molar refractivity (Wildman–Crippen MR) is 71.4 cm³/mol. The molecular formula is C14H17ClN2O. The zero-order valence-corrected chi connectivity index (χ0v) is 11.0. The summed E-state index contributed by atoms with van der Waals surface area (Å²) < 4.78 is 5.64. The molecule has 0 amide bonds. The molecule has 1 heterocycles. The number of hydrogen-bond acceptors (Lipinski definition) is 3. The van der Waals surface area contributed by atoms with Crippen LogP contribution in [0.2, 0.25) is 5.02 Å². The van der Waals surface area contributed by atoms with Gasteiger partial charge < -0.3 is 10.1 Å². The minimum Gasteiger partial charge on any atom is -0.377 e. The fraction of sp³-hybridized carbons (Fsp3) is 0.500. The van der Waals surface area contributed by atoms with Gasteiger partial charge in [-0.3, -0.25) is 0 Å². The molecule has 96 valence electrons. The van der Waals surface area contributed by atoms with Crippen molar-refractivity contribution >= 4 is 11.6 Å². The average Bonchev–Trinajstić information content (AvgIpc) is 2.89. The van der Waals surface area contributed by atoms with E-state index >= 15 is 0 Å². The monoisotopic (exact) mass is 264 g/mol. The smallest absolute Gasteiger partial charge is 0.0992 e. The fourth-order valence-electron chi connectivity index (χ4n) is 2.13. The Hall–Kier alpha value is -1.08. The van der Waals surface area contributed by atoms with Crippen LogP contribution in [0.25, 0.3) is 0 Å². The highest BCUT2D eigenvalue weighted by molar-refractivity contribution is 6.31. The van der Waals surface area contributed by atoms with Crippen molar-refractivity contribution in [3.8, 4) is 6.07 Å². The number of nitrogens with zero attached hydrogens (tertiary/aromatic N) is 1. The molecule has 0 spiro atoms. The number of halogens is 1. The number of nitrogens with one attached hydrogen (secondary N) is 1. The summed E-state index contributed by atoms with van der Waals surface area (Å²) in [5, 5.41) is 12.7. The second kappa shape index (κ2) is 6.75. The maximum Gasteiger partial charge on any atom is 0.0992 e. The second-order valence-corrected chi connectivity index (χ2v) is 5.03. The van der Waals surface area contributed by atoms with Gasteiger partial charge in [0, 0.05) is 11.6 Å². The van der Waals surface area contributed by atoms with Gasteiger partial charge in [-0.2, -0.15) is 5.26 Å². The number of ether oxygens (including phenoxy) is 1. The Balaban J connectivity index is 1.74. The van der Waals surface area contributed by atoms with Crippen LogP contribution in [-0.4, -0.2) is 19.7 Å². The molecule has 0 aliphatic carbocycles. The van der Waals surface area contributed by atoms with Crippen molar-refractivity contribution in [1.82, 2.24) is 5.32 Å². The molecule has 1 aromatic rings. The van der Waals surface area contributed by atoms with Crippen molar-refractivity contribution in [2.75, 3.05) is 19.7 Å². The normalized spacial score (nSPS) is 18.8. The van der Waals surface area contributed by atoms with E-state index in [-0.39, 0.29) is 0 Å². The molecule has 0 aromatic heterocycles. The lowest BCUT2D eigenvalue weighted by molar-refractivity contribution is 0.109. The Morgan fingerprint density at radius 3 is 3.06 bits per heavy atom. The molecule has 1 aliphatic heterocycles. The standard InChI is InChI=1S/C14H17ClN2O/c15-14-7-12(8-16)1-2-13(14)10-18-6-4-11-3-5-17-9-11/h1-2,7,11,17H,3-6,9-10H2. The lowest BCUT2D eigenvalue weighted by Crippen LogP contribution is -2.10. The molecule has 0 bridgehead atoms. The van der Waals surface area contributed by atoms with Crippen molar-refractivity contribution in [3.63, 3.8) is 0 Å². The minimum absolute atomic E-state index is 0.519. The highest BCUT2D eigenvalue weighted by Crippen LogP contribution is 2.19. The Morgan fingerprint density at radius 2 is 2.39 bits per heavy atom. The van der Waals surface area contributed by atoms with Crippen LogP contribution in [0.15, 0.2) is 18.2 Å². The van der Waals surface area contributed by atoms with Crippen LogP contribution in [0.5, 0.6) is 0 Å². The molecule has 18 heavy (non-hydrogen) atoms. The lowest BCUT2D eigenvalue weighted by atomic mass is 10.1.